The highest BCUT2D eigenvalue weighted by atomic mass is 16.5. The fourth-order valence-electron chi connectivity index (χ4n) is 1.51. The van der Waals surface area contributed by atoms with Gasteiger partial charge in [-0.1, -0.05) is 0 Å². The van der Waals surface area contributed by atoms with E-state index in [0.717, 1.165) is 22.5 Å². The normalized spacial score (nSPS) is 13.0. The van der Waals surface area contributed by atoms with Gasteiger partial charge in [-0.15, -0.1) is 0 Å². The quantitative estimate of drug-likeness (QED) is 0.836. The zero-order chi connectivity index (χ0) is 10.8. The van der Waals surface area contributed by atoms with Gasteiger partial charge in [-0.2, -0.15) is 0 Å². The molecule has 0 saturated heterocycles. The molecule has 1 atom stereocenters. The molecule has 0 aliphatic rings. The van der Waals surface area contributed by atoms with Crippen LogP contribution in [0.2, 0.25) is 0 Å². The molecule has 1 aromatic carbocycles. The molecule has 1 unspecified atom stereocenters. The maximum Gasteiger partial charge on any atom is 0.138 e. The average molecular weight is 205 g/mol. The van der Waals surface area contributed by atoms with Crippen molar-refractivity contribution >= 4 is 11.0 Å². The first kappa shape index (κ1) is 10.1. The molecule has 3 heteroatoms. The lowest BCUT2D eigenvalue weighted by Gasteiger charge is -2.04. The summed E-state index contributed by atoms with van der Waals surface area (Å²) in [5, 5.41) is 4.25. The zero-order valence-corrected chi connectivity index (χ0v) is 9.20. The fourth-order valence-corrected chi connectivity index (χ4v) is 1.51. The Balaban J connectivity index is 2.46. The first-order valence-corrected chi connectivity index (χ1v) is 4.99. The molecule has 0 radical (unpaired) electrons. The lowest BCUT2D eigenvalue weighted by molar-refractivity contribution is 0.413. The lowest BCUT2D eigenvalue weighted by Crippen LogP contribution is -2.10. The zero-order valence-electron chi connectivity index (χ0n) is 9.20. The highest BCUT2D eigenvalue weighted by molar-refractivity contribution is 5.79. The van der Waals surface area contributed by atoms with Gasteiger partial charge < -0.3 is 14.5 Å². The summed E-state index contributed by atoms with van der Waals surface area (Å²) in [7, 11) is 3.57. The van der Waals surface area contributed by atoms with Gasteiger partial charge in [0.25, 0.3) is 0 Å². The third-order valence-corrected chi connectivity index (χ3v) is 2.61. The number of hydrogen-bond acceptors (Lipinski definition) is 3. The van der Waals surface area contributed by atoms with Crippen molar-refractivity contribution in [2.24, 2.45) is 0 Å². The van der Waals surface area contributed by atoms with E-state index < -0.39 is 0 Å². The second-order valence-electron chi connectivity index (χ2n) is 3.56. The van der Waals surface area contributed by atoms with Gasteiger partial charge >= 0.3 is 0 Å². The van der Waals surface area contributed by atoms with Crippen molar-refractivity contribution in [1.82, 2.24) is 5.32 Å². The van der Waals surface area contributed by atoms with Crippen LogP contribution in [-0.2, 0) is 0 Å². The Morgan fingerprint density at radius 3 is 2.80 bits per heavy atom. The molecule has 0 amide bonds. The molecular formula is C12H15NO2. The van der Waals surface area contributed by atoms with E-state index in [1.807, 2.05) is 25.2 Å². The molecule has 1 aromatic heterocycles. The minimum atomic E-state index is 0.225. The number of rotatable bonds is 3. The van der Waals surface area contributed by atoms with Crippen molar-refractivity contribution in [2.45, 2.75) is 13.0 Å². The van der Waals surface area contributed by atoms with Crippen molar-refractivity contribution in [2.75, 3.05) is 14.2 Å². The average Bonchev–Trinajstić information content (AvgIpc) is 2.70. The smallest absolute Gasteiger partial charge is 0.138 e. The van der Waals surface area contributed by atoms with E-state index in [1.165, 1.54) is 0 Å². The van der Waals surface area contributed by atoms with Crippen LogP contribution in [0.4, 0.5) is 0 Å². The molecule has 0 bridgehead atoms. The summed E-state index contributed by atoms with van der Waals surface area (Å²) in [5.41, 5.74) is 0.867. The molecule has 0 aliphatic heterocycles. The molecule has 2 aromatic rings. The van der Waals surface area contributed by atoms with Gasteiger partial charge in [-0.25, -0.2) is 0 Å². The molecule has 0 saturated carbocycles. The van der Waals surface area contributed by atoms with Crippen LogP contribution in [0.25, 0.3) is 11.0 Å². The molecule has 0 fully saturated rings. The number of hydrogen-bond donors (Lipinski definition) is 1. The molecule has 1 heterocycles. The van der Waals surface area contributed by atoms with Crippen molar-refractivity contribution in [3.8, 4) is 5.75 Å². The number of furan rings is 1. The third-order valence-electron chi connectivity index (χ3n) is 2.61. The van der Waals surface area contributed by atoms with Crippen molar-refractivity contribution in [1.29, 1.82) is 0 Å². The van der Waals surface area contributed by atoms with Gasteiger partial charge in [0.1, 0.15) is 17.1 Å². The Morgan fingerprint density at radius 1 is 1.33 bits per heavy atom. The van der Waals surface area contributed by atoms with Gasteiger partial charge in [-0.05, 0) is 32.2 Å². The van der Waals surface area contributed by atoms with Crippen LogP contribution in [0.15, 0.2) is 28.7 Å². The van der Waals surface area contributed by atoms with E-state index in [1.54, 1.807) is 7.11 Å². The van der Waals surface area contributed by atoms with Crippen LogP contribution >= 0.6 is 0 Å². The summed E-state index contributed by atoms with van der Waals surface area (Å²) in [6.07, 6.45) is 0. The Morgan fingerprint density at radius 2 is 2.13 bits per heavy atom. The molecule has 0 spiro atoms. The van der Waals surface area contributed by atoms with Crippen molar-refractivity contribution < 1.29 is 9.15 Å². The van der Waals surface area contributed by atoms with Crippen LogP contribution in [0, 0.1) is 0 Å². The van der Waals surface area contributed by atoms with Gasteiger partial charge in [0.2, 0.25) is 0 Å². The first-order valence-electron chi connectivity index (χ1n) is 4.99. The van der Waals surface area contributed by atoms with E-state index in [4.69, 9.17) is 9.15 Å². The number of fused-ring (bicyclic) bond motifs is 1. The van der Waals surface area contributed by atoms with Gasteiger partial charge in [-0.3, -0.25) is 0 Å². The predicted molar refractivity (Wildman–Crippen MR) is 60.2 cm³/mol. The van der Waals surface area contributed by atoms with Gasteiger partial charge in [0.05, 0.1) is 13.2 Å². The summed E-state index contributed by atoms with van der Waals surface area (Å²) < 4.78 is 10.9. The monoisotopic (exact) mass is 205 g/mol. The highest BCUT2D eigenvalue weighted by Crippen LogP contribution is 2.26. The van der Waals surface area contributed by atoms with Crippen molar-refractivity contribution in [3.05, 3.63) is 30.0 Å². The SMILES string of the molecule is CNC(C)c1cc2ccc(OC)cc2o1. The summed E-state index contributed by atoms with van der Waals surface area (Å²) in [5.74, 6) is 1.77. The Labute approximate surface area is 89.0 Å². The largest absolute Gasteiger partial charge is 0.497 e. The van der Waals surface area contributed by atoms with E-state index >= 15 is 0 Å². The molecule has 80 valence electrons. The van der Waals surface area contributed by atoms with Crippen LogP contribution in [0.3, 0.4) is 0 Å². The molecule has 15 heavy (non-hydrogen) atoms. The maximum absolute atomic E-state index is 5.72. The van der Waals surface area contributed by atoms with E-state index in [9.17, 15) is 0 Å². The topological polar surface area (TPSA) is 34.4 Å². The van der Waals surface area contributed by atoms with E-state index in [0.29, 0.717) is 0 Å². The highest BCUT2D eigenvalue weighted by Gasteiger charge is 2.09. The van der Waals surface area contributed by atoms with Crippen LogP contribution < -0.4 is 10.1 Å². The number of ether oxygens (including phenoxy) is 1. The van der Waals surface area contributed by atoms with Gasteiger partial charge in [0, 0.05) is 11.5 Å². The molecule has 0 aliphatic carbocycles. The predicted octanol–water partition coefficient (Wildman–Crippen LogP) is 2.72. The van der Waals surface area contributed by atoms with Crippen LogP contribution in [0.5, 0.6) is 5.75 Å². The molecule has 2 rings (SSSR count). The third kappa shape index (κ3) is 1.83. The minimum Gasteiger partial charge on any atom is -0.497 e. The van der Waals surface area contributed by atoms with E-state index in [-0.39, 0.29) is 6.04 Å². The molecule has 1 N–H and O–H groups in total. The first-order chi connectivity index (χ1) is 7.24. The molecular weight excluding hydrogens is 190 g/mol. The lowest BCUT2D eigenvalue weighted by atomic mass is 10.2. The van der Waals surface area contributed by atoms with Crippen LogP contribution in [0.1, 0.15) is 18.7 Å². The van der Waals surface area contributed by atoms with E-state index in [2.05, 4.69) is 18.3 Å². The molecule has 3 nitrogen and oxygen atoms in total. The number of nitrogens with one attached hydrogen (secondary N) is 1. The minimum absolute atomic E-state index is 0.225. The number of methoxy groups -OCH3 is 1. The Kier molecular flexibility index (Phi) is 2.64. The maximum atomic E-state index is 5.72. The Hall–Kier alpha value is -1.48. The summed E-state index contributed by atoms with van der Waals surface area (Å²) in [4.78, 5) is 0. The summed E-state index contributed by atoms with van der Waals surface area (Å²) >= 11 is 0. The Bertz CT molecular complexity index is 462. The number of benzene rings is 1. The van der Waals surface area contributed by atoms with Gasteiger partial charge in [0.15, 0.2) is 0 Å². The van der Waals surface area contributed by atoms with Crippen molar-refractivity contribution in [3.63, 3.8) is 0 Å². The van der Waals surface area contributed by atoms with Crippen LogP contribution in [-0.4, -0.2) is 14.2 Å². The second-order valence-corrected chi connectivity index (χ2v) is 3.56. The second kappa shape index (κ2) is 3.95. The standard InChI is InChI=1S/C12H15NO2/c1-8(13-2)11-6-9-4-5-10(14-3)7-12(9)15-11/h4-8,13H,1-3H3. The fraction of sp³-hybridized carbons (Fsp3) is 0.333. The summed E-state index contributed by atoms with van der Waals surface area (Å²) in [6.45, 7) is 2.06. The summed E-state index contributed by atoms with van der Waals surface area (Å²) in [6, 6.07) is 8.12.